The number of aliphatic hydroxyl groups excluding tert-OH is 1. The third-order valence-electron chi connectivity index (χ3n) is 4.46. The second kappa shape index (κ2) is 9.47. The Hall–Kier alpha value is -0.820. The van der Waals surface area contributed by atoms with Crippen molar-refractivity contribution in [1.29, 1.82) is 0 Å². The van der Waals surface area contributed by atoms with Crippen molar-refractivity contribution in [2.75, 3.05) is 36.0 Å². The SMILES string of the molecule is Cl.Cl.NC1CCCCN(c2cc(N3CCC(O)CC3)ncn2)C1. The Balaban J connectivity index is 0.00000132. The predicted molar refractivity (Wildman–Crippen MR) is 98.0 cm³/mol. The van der Waals surface area contributed by atoms with E-state index in [4.69, 9.17) is 5.73 Å². The third-order valence-corrected chi connectivity index (χ3v) is 4.46. The fraction of sp³-hybridized carbons (Fsp3) is 0.733. The highest BCUT2D eigenvalue weighted by Gasteiger charge is 2.20. The minimum Gasteiger partial charge on any atom is -0.393 e. The second-order valence-corrected chi connectivity index (χ2v) is 6.15. The van der Waals surface area contributed by atoms with E-state index in [1.807, 2.05) is 0 Å². The van der Waals surface area contributed by atoms with Crippen molar-refractivity contribution in [3.8, 4) is 0 Å². The van der Waals surface area contributed by atoms with Gasteiger partial charge in [-0.25, -0.2) is 9.97 Å². The minimum atomic E-state index is -0.161. The Labute approximate surface area is 150 Å². The number of anilines is 2. The summed E-state index contributed by atoms with van der Waals surface area (Å²) >= 11 is 0. The molecule has 1 unspecified atom stereocenters. The van der Waals surface area contributed by atoms with Gasteiger partial charge >= 0.3 is 0 Å². The molecule has 0 radical (unpaired) electrons. The summed E-state index contributed by atoms with van der Waals surface area (Å²) in [5.41, 5.74) is 6.14. The molecule has 0 spiro atoms. The van der Waals surface area contributed by atoms with Crippen LogP contribution in [0.5, 0.6) is 0 Å². The van der Waals surface area contributed by atoms with Gasteiger partial charge in [0.25, 0.3) is 0 Å². The van der Waals surface area contributed by atoms with Gasteiger partial charge in [-0.1, -0.05) is 6.42 Å². The van der Waals surface area contributed by atoms with Crippen molar-refractivity contribution in [3.63, 3.8) is 0 Å². The molecule has 0 aromatic carbocycles. The largest absolute Gasteiger partial charge is 0.393 e. The summed E-state index contributed by atoms with van der Waals surface area (Å²) in [5.74, 6) is 1.94. The van der Waals surface area contributed by atoms with E-state index in [0.29, 0.717) is 0 Å². The Morgan fingerprint density at radius 1 is 0.957 bits per heavy atom. The van der Waals surface area contributed by atoms with Gasteiger partial charge in [0, 0.05) is 38.3 Å². The zero-order valence-corrected chi connectivity index (χ0v) is 14.9. The van der Waals surface area contributed by atoms with Crippen molar-refractivity contribution in [2.45, 2.75) is 44.2 Å². The first kappa shape index (κ1) is 20.2. The third kappa shape index (κ3) is 5.35. The van der Waals surface area contributed by atoms with Crippen molar-refractivity contribution in [2.24, 2.45) is 5.73 Å². The summed E-state index contributed by atoms with van der Waals surface area (Å²) in [4.78, 5) is 13.3. The maximum Gasteiger partial charge on any atom is 0.134 e. The molecule has 2 aliphatic rings. The molecule has 23 heavy (non-hydrogen) atoms. The van der Waals surface area contributed by atoms with E-state index in [-0.39, 0.29) is 37.0 Å². The molecule has 3 heterocycles. The summed E-state index contributed by atoms with van der Waals surface area (Å²) in [6.07, 6.45) is 6.57. The fourth-order valence-electron chi connectivity index (χ4n) is 3.16. The molecule has 6 nitrogen and oxygen atoms in total. The molecule has 8 heteroatoms. The van der Waals surface area contributed by atoms with Crippen molar-refractivity contribution < 1.29 is 5.11 Å². The van der Waals surface area contributed by atoms with Gasteiger partial charge in [-0.2, -0.15) is 0 Å². The molecular weight excluding hydrogens is 337 g/mol. The normalized spacial score (nSPS) is 22.8. The highest BCUT2D eigenvalue weighted by Crippen LogP contribution is 2.23. The average molecular weight is 364 g/mol. The zero-order chi connectivity index (χ0) is 14.7. The molecule has 2 fully saturated rings. The summed E-state index contributed by atoms with van der Waals surface area (Å²) in [6.45, 7) is 3.60. The van der Waals surface area contributed by atoms with E-state index in [0.717, 1.165) is 57.1 Å². The molecule has 1 atom stereocenters. The summed E-state index contributed by atoms with van der Waals surface area (Å²) in [5, 5.41) is 9.61. The van der Waals surface area contributed by atoms with Crippen molar-refractivity contribution >= 4 is 36.4 Å². The Morgan fingerprint density at radius 2 is 1.61 bits per heavy atom. The van der Waals surface area contributed by atoms with Crippen molar-refractivity contribution in [1.82, 2.24) is 9.97 Å². The highest BCUT2D eigenvalue weighted by atomic mass is 35.5. The van der Waals surface area contributed by atoms with Gasteiger partial charge in [0.05, 0.1) is 6.10 Å². The molecule has 2 aliphatic heterocycles. The molecular formula is C15H27Cl2N5O. The molecule has 2 saturated heterocycles. The quantitative estimate of drug-likeness (QED) is 0.830. The lowest BCUT2D eigenvalue weighted by Crippen LogP contribution is -2.38. The van der Waals surface area contributed by atoms with Crippen molar-refractivity contribution in [3.05, 3.63) is 12.4 Å². The van der Waals surface area contributed by atoms with Crippen LogP contribution in [-0.2, 0) is 0 Å². The summed E-state index contributed by atoms with van der Waals surface area (Å²) in [7, 11) is 0. The topological polar surface area (TPSA) is 78.5 Å². The minimum absolute atomic E-state index is 0. The van der Waals surface area contributed by atoms with Crippen LogP contribution >= 0.6 is 24.8 Å². The Kier molecular flexibility index (Phi) is 8.33. The number of aliphatic hydroxyl groups is 1. The molecule has 0 aliphatic carbocycles. The molecule has 0 amide bonds. The highest BCUT2D eigenvalue weighted by molar-refractivity contribution is 5.85. The van der Waals surface area contributed by atoms with E-state index < -0.39 is 0 Å². The predicted octanol–water partition coefficient (Wildman–Crippen LogP) is 1.60. The van der Waals surface area contributed by atoms with Crippen LogP contribution in [-0.4, -0.2) is 53.4 Å². The summed E-state index contributed by atoms with van der Waals surface area (Å²) < 4.78 is 0. The van der Waals surface area contributed by atoms with Crippen LogP contribution in [0.15, 0.2) is 12.4 Å². The van der Waals surface area contributed by atoms with E-state index in [1.165, 1.54) is 12.8 Å². The first-order valence-corrected chi connectivity index (χ1v) is 7.98. The number of nitrogens with zero attached hydrogens (tertiary/aromatic N) is 4. The first-order chi connectivity index (χ1) is 10.2. The standard InChI is InChI=1S/C15H25N5O.2ClH/c16-12-3-1-2-6-20(10-12)15-9-14(17-11-18-15)19-7-4-13(21)5-8-19;;/h9,11-13,21H,1-8,10,16H2;2*1H. The second-order valence-electron chi connectivity index (χ2n) is 6.15. The Morgan fingerprint density at radius 3 is 2.30 bits per heavy atom. The number of halogens is 2. The van der Waals surface area contributed by atoms with Crippen LogP contribution in [0.2, 0.25) is 0 Å². The molecule has 1 aromatic heterocycles. The van der Waals surface area contributed by atoms with E-state index in [1.54, 1.807) is 6.33 Å². The van der Waals surface area contributed by atoms with Gasteiger partial charge in [0.2, 0.25) is 0 Å². The van der Waals surface area contributed by atoms with Crippen LogP contribution in [0.3, 0.4) is 0 Å². The number of piperidine rings is 1. The lowest BCUT2D eigenvalue weighted by Gasteiger charge is -2.31. The van der Waals surface area contributed by atoms with E-state index in [9.17, 15) is 5.11 Å². The van der Waals surface area contributed by atoms with E-state index in [2.05, 4.69) is 25.8 Å². The molecule has 3 N–H and O–H groups in total. The maximum absolute atomic E-state index is 9.61. The average Bonchev–Trinajstić information content (AvgIpc) is 2.73. The monoisotopic (exact) mass is 363 g/mol. The number of hydrogen-bond acceptors (Lipinski definition) is 6. The Bertz CT molecular complexity index is 471. The number of nitrogens with two attached hydrogens (primary N) is 1. The fourth-order valence-corrected chi connectivity index (χ4v) is 3.16. The lowest BCUT2D eigenvalue weighted by molar-refractivity contribution is 0.145. The zero-order valence-electron chi connectivity index (χ0n) is 13.3. The van der Waals surface area contributed by atoms with Gasteiger partial charge in [-0.3, -0.25) is 0 Å². The van der Waals surface area contributed by atoms with Gasteiger partial charge in [0.1, 0.15) is 18.0 Å². The maximum atomic E-state index is 9.61. The van der Waals surface area contributed by atoms with Crippen LogP contribution in [0.4, 0.5) is 11.6 Å². The van der Waals surface area contributed by atoms with Crippen LogP contribution in [0.1, 0.15) is 32.1 Å². The molecule has 1 aromatic rings. The van der Waals surface area contributed by atoms with Crippen LogP contribution < -0.4 is 15.5 Å². The smallest absolute Gasteiger partial charge is 0.134 e. The summed E-state index contributed by atoms with van der Waals surface area (Å²) in [6, 6.07) is 2.30. The molecule has 0 saturated carbocycles. The van der Waals surface area contributed by atoms with Crippen LogP contribution in [0.25, 0.3) is 0 Å². The molecule has 0 bridgehead atoms. The van der Waals surface area contributed by atoms with Gasteiger partial charge in [-0.05, 0) is 25.7 Å². The molecule has 132 valence electrons. The number of aromatic nitrogens is 2. The number of rotatable bonds is 2. The van der Waals surface area contributed by atoms with E-state index >= 15 is 0 Å². The first-order valence-electron chi connectivity index (χ1n) is 7.98. The van der Waals surface area contributed by atoms with Gasteiger partial charge < -0.3 is 20.6 Å². The van der Waals surface area contributed by atoms with Gasteiger partial charge in [-0.15, -0.1) is 24.8 Å². The van der Waals surface area contributed by atoms with Gasteiger partial charge in [0.15, 0.2) is 0 Å². The lowest BCUT2D eigenvalue weighted by atomic mass is 10.1. The molecule has 3 rings (SSSR count). The van der Waals surface area contributed by atoms with Crippen LogP contribution in [0, 0.1) is 0 Å². The number of hydrogen-bond donors (Lipinski definition) is 2.